The van der Waals surface area contributed by atoms with E-state index < -0.39 is 0 Å². The van der Waals surface area contributed by atoms with Crippen LogP contribution in [0.2, 0.25) is 5.02 Å². The fourth-order valence-corrected chi connectivity index (χ4v) is 3.29. The predicted octanol–water partition coefficient (Wildman–Crippen LogP) is 3.26. The van der Waals surface area contributed by atoms with E-state index in [0.717, 1.165) is 50.6 Å². The van der Waals surface area contributed by atoms with Gasteiger partial charge in [0.2, 0.25) is 0 Å². The highest BCUT2D eigenvalue weighted by atomic mass is 35.5. The maximum Gasteiger partial charge on any atom is 0.0497 e. The molecule has 21 heavy (non-hydrogen) atoms. The van der Waals surface area contributed by atoms with Gasteiger partial charge in [0, 0.05) is 55.5 Å². The summed E-state index contributed by atoms with van der Waals surface area (Å²) in [4.78, 5) is 4.89. The number of anilines is 1. The molecule has 1 heterocycles. The minimum absolute atomic E-state index is 0.0389. The summed E-state index contributed by atoms with van der Waals surface area (Å²) < 4.78 is 0. The lowest BCUT2D eigenvalue weighted by Crippen LogP contribution is -2.50. The minimum Gasteiger partial charge on any atom is -0.396 e. The van der Waals surface area contributed by atoms with Crippen molar-refractivity contribution >= 4 is 17.3 Å². The molecular formula is C17H27ClN2O. The third-order valence-electron chi connectivity index (χ3n) is 4.40. The van der Waals surface area contributed by atoms with Crippen molar-refractivity contribution in [2.45, 2.75) is 26.7 Å². The van der Waals surface area contributed by atoms with Crippen LogP contribution in [0.4, 0.5) is 5.69 Å². The van der Waals surface area contributed by atoms with Crippen molar-refractivity contribution in [3.63, 3.8) is 0 Å². The molecule has 1 aromatic rings. The highest BCUT2D eigenvalue weighted by Gasteiger charge is 2.27. The van der Waals surface area contributed by atoms with Gasteiger partial charge in [-0.15, -0.1) is 0 Å². The highest BCUT2D eigenvalue weighted by molar-refractivity contribution is 6.30. The number of nitrogens with zero attached hydrogens (tertiary/aromatic N) is 2. The van der Waals surface area contributed by atoms with Gasteiger partial charge in [0.1, 0.15) is 0 Å². The Balaban J connectivity index is 1.87. The second-order valence-corrected chi connectivity index (χ2v) is 6.89. The molecule has 1 atom stereocenters. The fourth-order valence-electron chi connectivity index (χ4n) is 3.17. The monoisotopic (exact) mass is 310 g/mol. The van der Waals surface area contributed by atoms with E-state index in [9.17, 15) is 5.11 Å². The fraction of sp³-hybridized carbons (Fsp3) is 0.647. The van der Waals surface area contributed by atoms with E-state index >= 15 is 0 Å². The van der Waals surface area contributed by atoms with Crippen molar-refractivity contribution in [2.24, 2.45) is 5.41 Å². The van der Waals surface area contributed by atoms with Gasteiger partial charge in [0.15, 0.2) is 0 Å². The number of benzene rings is 1. The second kappa shape index (κ2) is 7.48. The maximum absolute atomic E-state index is 9.65. The van der Waals surface area contributed by atoms with Gasteiger partial charge in [-0.2, -0.15) is 0 Å². The molecule has 0 amide bonds. The Hall–Kier alpha value is -0.770. The number of aliphatic hydroxyl groups is 1. The smallest absolute Gasteiger partial charge is 0.0497 e. The first-order chi connectivity index (χ1) is 10.1. The molecule has 118 valence electrons. The molecule has 0 aromatic heterocycles. The van der Waals surface area contributed by atoms with Crippen LogP contribution in [0.25, 0.3) is 0 Å². The topological polar surface area (TPSA) is 26.7 Å². The molecule has 0 radical (unpaired) electrons. The molecular weight excluding hydrogens is 284 g/mol. The van der Waals surface area contributed by atoms with Gasteiger partial charge in [-0.05, 0) is 30.7 Å². The number of aliphatic hydroxyl groups excluding tert-OH is 1. The number of piperazine rings is 1. The summed E-state index contributed by atoms with van der Waals surface area (Å²) in [5, 5.41) is 10.4. The standard InChI is InChI=1S/C17H27ClN2O/c1-3-8-17(2,14-21)13-19-9-11-20(12-10-19)16-6-4-15(18)5-7-16/h4-7,21H,3,8-14H2,1-2H3. The van der Waals surface area contributed by atoms with E-state index in [0.29, 0.717) is 0 Å². The summed E-state index contributed by atoms with van der Waals surface area (Å²) in [5.74, 6) is 0. The van der Waals surface area contributed by atoms with E-state index in [-0.39, 0.29) is 12.0 Å². The minimum atomic E-state index is 0.0389. The molecule has 1 aliphatic rings. The van der Waals surface area contributed by atoms with Gasteiger partial charge in [-0.1, -0.05) is 31.9 Å². The first-order valence-corrected chi connectivity index (χ1v) is 8.28. The van der Waals surface area contributed by atoms with E-state index in [1.807, 2.05) is 12.1 Å². The van der Waals surface area contributed by atoms with Crippen molar-refractivity contribution in [1.29, 1.82) is 0 Å². The lowest BCUT2D eigenvalue weighted by molar-refractivity contribution is 0.0771. The molecule has 1 saturated heterocycles. The van der Waals surface area contributed by atoms with Crippen molar-refractivity contribution in [3.05, 3.63) is 29.3 Å². The Kier molecular flexibility index (Phi) is 5.91. The Bertz CT molecular complexity index is 429. The Morgan fingerprint density at radius 1 is 1.14 bits per heavy atom. The lowest BCUT2D eigenvalue weighted by Gasteiger charge is -2.40. The van der Waals surface area contributed by atoms with Gasteiger partial charge in [0.25, 0.3) is 0 Å². The molecule has 1 aromatic carbocycles. The van der Waals surface area contributed by atoms with E-state index in [1.165, 1.54) is 5.69 Å². The largest absolute Gasteiger partial charge is 0.396 e. The van der Waals surface area contributed by atoms with Crippen LogP contribution < -0.4 is 4.90 Å². The molecule has 0 spiro atoms. The molecule has 2 rings (SSSR count). The SMILES string of the molecule is CCCC(C)(CO)CN1CCN(c2ccc(Cl)cc2)CC1. The maximum atomic E-state index is 9.65. The van der Waals surface area contributed by atoms with Gasteiger partial charge in [-0.3, -0.25) is 4.90 Å². The van der Waals surface area contributed by atoms with Gasteiger partial charge in [0.05, 0.1) is 0 Å². The zero-order valence-electron chi connectivity index (χ0n) is 13.2. The van der Waals surface area contributed by atoms with Crippen LogP contribution in [-0.4, -0.2) is 49.3 Å². The summed E-state index contributed by atoms with van der Waals surface area (Å²) >= 11 is 5.94. The molecule has 4 heteroatoms. The van der Waals surface area contributed by atoms with Crippen LogP contribution >= 0.6 is 11.6 Å². The first kappa shape index (κ1) is 16.6. The van der Waals surface area contributed by atoms with E-state index in [2.05, 4.69) is 35.8 Å². The van der Waals surface area contributed by atoms with Gasteiger partial charge < -0.3 is 10.0 Å². The second-order valence-electron chi connectivity index (χ2n) is 6.46. The zero-order valence-corrected chi connectivity index (χ0v) is 13.9. The zero-order chi connectivity index (χ0) is 15.3. The van der Waals surface area contributed by atoms with Crippen LogP contribution in [0, 0.1) is 5.41 Å². The highest BCUT2D eigenvalue weighted by Crippen LogP contribution is 2.25. The van der Waals surface area contributed by atoms with Crippen LogP contribution in [0.5, 0.6) is 0 Å². The normalized spacial score (nSPS) is 19.5. The molecule has 1 fully saturated rings. The summed E-state index contributed by atoms with van der Waals surface area (Å²) in [7, 11) is 0. The lowest BCUT2D eigenvalue weighted by atomic mass is 9.86. The van der Waals surface area contributed by atoms with Crippen LogP contribution in [0.1, 0.15) is 26.7 Å². The summed E-state index contributed by atoms with van der Waals surface area (Å²) in [6, 6.07) is 8.08. The summed E-state index contributed by atoms with van der Waals surface area (Å²) in [6.07, 6.45) is 2.21. The molecule has 0 aliphatic carbocycles. The van der Waals surface area contributed by atoms with Crippen molar-refractivity contribution in [3.8, 4) is 0 Å². The first-order valence-electron chi connectivity index (χ1n) is 7.90. The van der Waals surface area contributed by atoms with Gasteiger partial charge in [-0.25, -0.2) is 0 Å². The average molecular weight is 311 g/mol. The predicted molar refractivity (Wildman–Crippen MR) is 90.2 cm³/mol. The number of hydrogen-bond acceptors (Lipinski definition) is 3. The molecule has 0 saturated carbocycles. The third-order valence-corrected chi connectivity index (χ3v) is 4.66. The van der Waals surface area contributed by atoms with Crippen molar-refractivity contribution < 1.29 is 5.11 Å². The van der Waals surface area contributed by atoms with Crippen LogP contribution in [-0.2, 0) is 0 Å². The molecule has 0 bridgehead atoms. The number of halogens is 1. The number of rotatable bonds is 6. The van der Waals surface area contributed by atoms with Crippen LogP contribution in [0.3, 0.4) is 0 Å². The Labute approximate surface area is 133 Å². The Morgan fingerprint density at radius 3 is 2.29 bits per heavy atom. The average Bonchev–Trinajstić information content (AvgIpc) is 2.49. The number of hydrogen-bond donors (Lipinski definition) is 1. The van der Waals surface area contributed by atoms with Crippen LogP contribution in [0.15, 0.2) is 24.3 Å². The molecule has 3 nitrogen and oxygen atoms in total. The third kappa shape index (κ3) is 4.60. The summed E-state index contributed by atoms with van der Waals surface area (Å²) in [5.41, 5.74) is 1.29. The quantitative estimate of drug-likeness (QED) is 0.873. The molecule has 1 aliphatic heterocycles. The molecule has 1 unspecified atom stereocenters. The van der Waals surface area contributed by atoms with E-state index in [4.69, 9.17) is 11.6 Å². The van der Waals surface area contributed by atoms with Gasteiger partial charge >= 0.3 is 0 Å². The van der Waals surface area contributed by atoms with Crippen molar-refractivity contribution in [1.82, 2.24) is 4.90 Å². The van der Waals surface area contributed by atoms with Crippen molar-refractivity contribution in [2.75, 3.05) is 44.2 Å². The van der Waals surface area contributed by atoms with E-state index in [1.54, 1.807) is 0 Å². The Morgan fingerprint density at radius 2 is 1.76 bits per heavy atom. The molecule has 1 N–H and O–H groups in total. The summed E-state index contributed by atoms with van der Waals surface area (Å²) in [6.45, 7) is 9.84.